The van der Waals surface area contributed by atoms with Crippen molar-refractivity contribution >= 4 is 18.5 Å². The Morgan fingerprint density at radius 3 is 2.45 bits per heavy atom. The second-order valence-corrected chi connectivity index (χ2v) is 7.01. The molecule has 20 heavy (non-hydrogen) atoms. The maximum absolute atomic E-state index is 12.7. The predicted octanol–water partition coefficient (Wildman–Crippen LogP) is 4.08. The summed E-state index contributed by atoms with van der Waals surface area (Å²) in [5, 5.41) is 0. The molecule has 0 radical (unpaired) electrons. The summed E-state index contributed by atoms with van der Waals surface area (Å²) >= 11 is 4.36. The molecule has 0 atom stereocenters. The summed E-state index contributed by atoms with van der Waals surface area (Å²) in [5.74, 6) is 0.186. The van der Waals surface area contributed by atoms with Crippen LogP contribution in [0.5, 0.6) is 0 Å². The quantitative estimate of drug-likeness (QED) is 0.772. The third-order valence-electron chi connectivity index (χ3n) is 5.23. The van der Waals surface area contributed by atoms with Crippen molar-refractivity contribution in [3.63, 3.8) is 0 Å². The van der Waals surface area contributed by atoms with Crippen molar-refractivity contribution in [3.05, 3.63) is 29.3 Å². The van der Waals surface area contributed by atoms with Crippen molar-refractivity contribution in [3.8, 4) is 0 Å². The molecule has 1 heterocycles. The maximum atomic E-state index is 12.7. The van der Waals surface area contributed by atoms with Crippen LogP contribution >= 0.6 is 12.6 Å². The molecular formula is C17H23NOS. The number of nitrogens with zero attached hydrogens (tertiary/aromatic N) is 1. The minimum Gasteiger partial charge on any atom is -0.339 e. The average Bonchev–Trinajstić information content (AvgIpc) is 2.90. The number of piperidine rings is 1. The number of hydrogen-bond acceptors (Lipinski definition) is 2. The minimum absolute atomic E-state index is 0.186. The van der Waals surface area contributed by atoms with Crippen LogP contribution in [0.1, 0.15) is 54.4 Å². The largest absolute Gasteiger partial charge is 0.339 e. The monoisotopic (exact) mass is 289 g/mol. The van der Waals surface area contributed by atoms with Crippen LogP contribution in [0.15, 0.2) is 23.1 Å². The van der Waals surface area contributed by atoms with Gasteiger partial charge in [-0.2, -0.15) is 0 Å². The van der Waals surface area contributed by atoms with Gasteiger partial charge < -0.3 is 4.90 Å². The number of benzene rings is 1. The van der Waals surface area contributed by atoms with Gasteiger partial charge in [0, 0.05) is 23.5 Å². The lowest BCUT2D eigenvalue weighted by molar-refractivity contribution is 0.0586. The number of rotatable bonds is 1. The third kappa shape index (κ3) is 2.60. The fourth-order valence-electron chi connectivity index (χ4n) is 3.82. The Morgan fingerprint density at radius 1 is 1.15 bits per heavy atom. The molecule has 1 spiro atoms. The smallest absolute Gasteiger partial charge is 0.254 e. The molecule has 0 N–H and O–H groups in total. The van der Waals surface area contributed by atoms with Crippen LogP contribution in [0.4, 0.5) is 0 Å². The van der Waals surface area contributed by atoms with Gasteiger partial charge in [0.15, 0.2) is 0 Å². The molecule has 0 unspecified atom stereocenters. The van der Waals surface area contributed by atoms with Crippen LogP contribution in [-0.2, 0) is 0 Å². The summed E-state index contributed by atoms with van der Waals surface area (Å²) in [6.07, 6.45) is 7.90. The van der Waals surface area contributed by atoms with Crippen molar-refractivity contribution in [2.45, 2.75) is 50.3 Å². The van der Waals surface area contributed by atoms with Crippen LogP contribution in [0.3, 0.4) is 0 Å². The summed E-state index contributed by atoms with van der Waals surface area (Å²) in [4.78, 5) is 15.6. The van der Waals surface area contributed by atoms with E-state index in [-0.39, 0.29) is 5.91 Å². The highest BCUT2D eigenvalue weighted by molar-refractivity contribution is 7.80. The molecule has 2 aliphatic rings. The molecule has 1 saturated carbocycles. The van der Waals surface area contributed by atoms with Gasteiger partial charge in [-0.25, -0.2) is 0 Å². The van der Waals surface area contributed by atoms with Gasteiger partial charge in [-0.1, -0.05) is 18.9 Å². The van der Waals surface area contributed by atoms with E-state index < -0.39 is 0 Å². The Hall–Kier alpha value is -0.960. The van der Waals surface area contributed by atoms with Crippen LogP contribution in [0.25, 0.3) is 0 Å². The molecule has 3 rings (SSSR count). The van der Waals surface area contributed by atoms with Crippen LogP contribution in [0.2, 0.25) is 0 Å². The number of hydrogen-bond donors (Lipinski definition) is 1. The topological polar surface area (TPSA) is 20.3 Å². The highest BCUT2D eigenvalue weighted by Gasteiger charge is 2.38. The zero-order valence-electron chi connectivity index (χ0n) is 12.2. The molecule has 1 aromatic rings. The van der Waals surface area contributed by atoms with Crippen LogP contribution < -0.4 is 0 Å². The summed E-state index contributed by atoms with van der Waals surface area (Å²) in [6, 6.07) is 5.83. The standard InChI is InChI=1S/C17H23NOS/c1-13-4-5-14(20)12-15(13)16(19)18-10-8-17(9-11-18)6-2-3-7-17/h4-5,12,20H,2-3,6-11H2,1H3. The van der Waals surface area contributed by atoms with E-state index in [9.17, 15) is 4.79 Å². The number of carbonyl (C=O) groups excluding carboxylic acids is 1. The molecule has 3 heteroatoms. The first-order chi connectivity index (χ1) is 9.60. The van der Waals surface area contributed by atoms with Gasteiger partial charge in [-0.05, 0) is 55.7 Å². The number of likely N-dealkylation sites (tertiary alicyclic amines) is 1. The zero-order chi connectivity index (χ0) is 14.2. The Balaban J connectivity index is 1.71. The van der Waals surface area contributed by atoms with Crippen LogP contribution in [-0.4, -0.2) is 23.9 Å². The maximum Gasteiger partial charge on any atom is 0.254 e. The Morgan fingerprint density at radius 2 is 1.80 bits per heavy atom. The summed E-state index contributed by atoms with van der Waals surface area (Å²) in [7, 11) is 0. The van der Waals surface area contributed by atoms with Gasteiger partial charge in [0.25, 0.3) is 5.91 Å². The number of aryl methyl sites for hydroxylation is 1. The molecule has 1 saturated heterocycles. The zero-order valence-corrected chi connectivity index (χ0v) is 13.1. The molecule has 2 nitrogen and oxygen atoms in total. The van der Waals surface area contributed by atoms with Crippen LogP contribution in [0, 0.1) is 12.3 Å². The molecule has 2 fully saturated rings. The molecule has 1 aliphatic heterocycles. The Labute approximate surface area is 127 Å². The number of carbonyl (C=O) groups is 1. The van der Waals surface area contributed by atoms with Crippen molar-refractivity contribution in [2.24, 2.45) is 5.41 Å². The van der Waals surface area contributed by atoms with E-state index in [0.717, 1.165) is 29.1 Å². The average molecular weight is 289 g/mol. The first-order valence-electron chi connectivity index (χ1n) is 7.69. The van der Waals surface area contributed by atoms with E-state index in [2.05, 4.69) is 12.6 Å². The summed E-state index contributed by atoms with van der Waals surface area (Å²) < 4.78 is 0. The minimum atomic E-state index is 0.186. The second-order valence-electron chi connectivity index (χ2n) is 6.50. The van der Waals surface area contributed by atoms with Crippen molar-refractivity contribution in [2.75, 3.05) is 13.1 Å². The molecule has 1 aliphatic carbocycles. The van der Waals surface area contributed by atoms with Gasteiger partial charge in [0.2, 0.25) is 0 Å². The normalized spacial score (nSPS) is 21.4. The lowest BCUT2D eigenvalue weighted by atomic mass is 9.77. The lowest BCUT2D eigenvalue weighted by Crippen LogP contribution is -2.42. The van der Waals surface area contributed by atoms with E-state index in [4.69, 9.17) is 0 Å². The molecule has 108 valence electrons. The Bertz CT molecular complexity index is 510. The molecule has 0 aromatic heterocycles. The van der Waals surface area contributed by atoms with E-state index in [1.54, 1.807) is 0 Å². The number of thiol groups is 1. The summed E-state index contributed by atoms with van der Waals surface area (Å²) in [5.41, 5.74) is 2.44. The van der Waals surface area contributed by atoms with Crippen molar-refractivity contribution in [1.29, 1.82) is 0 Å². The Kier molecular flexibility index (Phi) is 3.80. The first-order valence-corrected chi connectivity index (χ1v) is 8.13. The van der Waals surface area contributed by atoms with E-state index >= 15 is 0 Å². The molecular weight excluding hydrogens is 266 g/mol. The fraction of sp³-hybridized carbons (Fsp3) is 0.588. The van der Waals surface area contributed by atoms with E-state index in [1.165, 1.54) is 38.5 Å². The number of amides is 1. The van der Waals surface area contributed by atoms with Gasteiger partial charge in [-0.3, -0.25) is 4.79 Å². The summed E-state index contributed by atoms with van der Waals surface area (Å²) in [6.45, 7) is 3.85. The highest BCUT2D eigenvalue weighted by Crippen LogP contribution is 2.46. The second kappa shape index (κ2) is 5.44. The van der Waals surface area contributed by atoms with Gasteiger partial charge in [-0.15, -0.1) is 12.6 Å². The predicted molar refractivity (Wildman–Crippen MR) is 84.5 cm³/mol. The van der Waals surface area contributed by atoms with E-state index in [0.29, 0.717) is 5.41 Å². The fourth-order valence-corrected chi connectivity index (χ4v) is 4.02. The van der Waals surface area contributed by atoms with Gasteiger partial charge in [0.1, 0.15) is 0 Å². The van der Waals surface area contributed by atoms with E-state index in [1.807, 2.05) is 30.0 Å². The van der Waals surface area contributed by atoms with Gasteiger partial charge >= 0.3 is 0 Å². The van der Waals surface area contributed by atoms with Crippen molar-refractivity contribution < 1.29 is 4.79 Å². The first kappa shape index (κ1) is 14.0. The van der Waals surface area contributed by atoms with Gasteiger partial charge in [0.05, 0.1) is 0 Å². The third-order valence-corrected chi connectivity index (χ3v) is 5.51. The lowest BCUT2D eigenvalue weighted by Gasteiger charge is -2.39. The SMILES string of the molecule is Cc1ccc(S)cc1C(=O)N1CCC2(CCCC2)CC1. The van der Waals surface area contributed by atoms with Crippen molar-refractivity contribution in [1.82, 2.24) is 4.90 Å². The molecule has 1 aromatic carbocycles. The molecule has 0 bridgehead atoms. The molecule has 1 amide bonds. The highest BCUT2D eigenvalue weighted by atomic mass is 32.1.